The van der Waals surface area contributed by atoms with Crippen LogP contribution in [0, 0.1) is 13.8 Å². The first-order chi connectivity index (χ1) is 10.2. The minimum absolute atomic E-state index is 0.108. The largest absolute Gasteiger partial charge is 0.496 e. The van der Waals surface area contributed by atoms with Gasteiger partial charge >= 0.3 is 0 Å². The topological polar surface area (TPSA) is 35.5 Å². The van der Waals surface area contributed by atoms with Gasteiger partial charge in [-0.25, -0.2) is 0 Å². The Bertz CT molecular complexity index is 696. The van der Waals surface area contributed by atoms with Crippen molar-refractivity contribution in [3.63, 3.8) is 0 Å². The lowest BCUT2D eigenvalue weighted by molar-refractivity contribution is 0.393. The van der Waals surface area contributed by atoms with E-state index in [0.717, 1.165) is 34.4 Å². The summed E-state index contributed by atoms with van der Waals surface area (Å²) in [6.07, 6.45) is 0. The molecule has 3 heteroatoms. The molecule has 3 aromatic rings. The van der Waals surface area contributed by atoms with Crippen molar-refractivity contribution in [2.24, 2.45) is 0 Å². The quantitative estimate of drug-likeness (QED) is 0.697. The van der Waals surface area contributed by atoms with Crippen molar-refractivity contribution in [1.82, 2.24) is 0 Å². The summed E-state index contributed by atoms with van der Waals surface area (Å²) in [5.74, 6) is 4.19. The number of aryl methyl sites for hydroxylation is 2. The lowest BCUT2D eigenvalue weighted by Crippen LogP contribution is -2.03. The molecule has 0 N–H and O–H groups in total. The van der Waals surface area contributed by atoms with Gasteiger partial charge in [-0.05, 0) is 44.2 Å². The van der Waals surface area contributed by atoms with Crippen molar-refractivity contribution < 1.29 is 13.6 Å². The molecule has 2 aromatic heterocycles. The molecule has 108 valence electrons. The van der Waals surface area contributed by atoms with Crippen LogP contribution in [0.1, 0.15) is 34.5 Å². The molecule has 3 nitrogen and oxygen atoms in total. The summed E-state index contributed by atoms with van der Waals surface area (Å²) < 4.78 is 17.2. The van der Waals surface area contributed by atoms with Crippen LogP contribution in [0.5, 0.6) is 5.75 Å². The Balaban J connectivity index is 2.16. The number of methoxy groups -OCH3 is 1. The highest BCUT2D eigenvalue weighted by atomic mass is 16.5. The van der Waals surface area contributed by atoms with Gasteiger partial charge < -0.3 is 13.6 Å². The predicted octanol–water partition coefficient (Wildman–Crippen LogP) is 4.68. The van der Waals surface area contributed by atoms with Crippen LogP contribution in [0.15, 0.2) is 57.4 Å². The highest BCUT2D eigenvalue weighted by molar-refractivity contribution is 5.44. The normalized spacial score (nSPS) is 11.0. The maximum atomic E-state index is 5.85. The monoisotopic (exact) mass is 282 g/mol. The fourth-order valence-electron chi connectivity index (χ4n) is 2.57. The van der Waals surface area contributed by atoms with Gasteiger partial charge in [0.15, 0.2) is 0 Å². The van der Waals surface area contributed by atoms with Gasteiger partial charge in [-0.15, -0.1) is 0 Å². The third-order valence-corrected chi connectivity index (χ3v) is 3.54. The first-order valence-corrected chi connectivity index (χ1v) is 6.94. The predicted molar refractivity (Wildman–Crippen MR) is 80.8 cm³/mol. The van der Waals surface area contributed by atoms with Crippen LogP contribution in [-0.2, 0) is 0 Å². The van der Waals surface area contributed by atoms with Crippen molar-refractivity contribution in [3.8, 4) is 5.75 Å². The zero-order valence-electron chi connectivity index (χ0n) is 12.4. The molecular formula is C18H18O3. The van der Waals surface area contributed by atoms with E-state index in [9.17, 15) is 0 Å². The van der Waals surface area contributed by atoms with E-state index in [1.807, 2.05) is 62.4 Å². The Morgan fingerprint density at radius 3 is 1.86 bits per heavy atom. The molecule has 21 heavy (non-hydrogen) atoms. The van der Waals surface area contributed by atoms with Crippen molar-refractivity contribution in [1.29, 1.82) is 0 Å². The molecule has 0 bridgehead atoms. The Morgan fingerprint density at radius 2 is 1.38 bits per heavy atom. The maximum Gasteiger partial charge on any atom is 0.123 e. The lowest BCUT2D eigenvalue weighted by atomic mass is 9.93. The Morgan fingerprint density at radius 1 is 0.810 bits per heavy atom. The second-order valence-electron chi connectivity index (χ2n) is 5.07. The van der Waals surface area contributed by atoms with Crippen molar-refractivity contribution in [2.75, 3.05) is 7.11 Å². The molecule has 0 unspecified atom stereocenters. The first kappa shape index (κ1) is 13.6. The third kappa shape index (κ3) is 2.59. The van der Waals surface area contributed by atoms with Crippen LogP contribution >= 0.6 is 0 Å². The van der Waals surface area contributed by atoms with Crippen molar-refractivity contribution >= 4 is 0 Å². The van der Waals surface area contributed by atoms with Crippen LogP contribution in [0.25, 0.3) is 0 Å². The summed E-state index contributed by atoms with van der Waals surface area (Å²) in [6.45, 7) is 3.88. The first-order valence-electron chi connectivity index (χ1n) is 6.94. The second-order valence-corrected chi connectivity index (χ2v) is 5.07. The second kappa shape index (κ2) is 5.52. The molecule has 0 aliphatic rings. The Kier molecular flexibility index (Phi) is 3.57. The van der Waals surface area contributed by atoms with Crippen molar-refractivity contribution in [3.05, 3.63) is 77.1 Å². The number of para-hydroxylation sites is 1. The molecule has 2 heterocycles. The van der Waals surface area contributed by atoms with E-state index in [1.54, 1.807) is 7.11 Å². The van der Waals surface area contributed by atoms with Gasteiger partial charge in [0, 0.05) is 5.56 Å². The van der Waals surface area contributed by atoms with Gasteiger partial charge in [0.2, 0.25) is 0 Å². The van der Waals surface area contributed by atoms with Crippen molar-refractivity contribution in [2.45, 2.75) is 19.8 Å². The van der Waals surface area contributed by atoms with Gasteiger partial charge in [0.1, 0.15) is 34.7 Å². The summed E-state index contributed by atoms with van der Waals surface area (Å²) in [7, 11) is 1.68. The minimum atomic E-state index is -0.108. The zero-order valence-corrected chi connectivity index (χ0v) is 12.4. The smallest absolute Gasteiger partial charge is 0.123 e. The highest BCUT2D eigenvalue weighted by Crippen LogP contribution is 2.38. The van der Waals surface area contributed by atoms with Gasteiger partial charge in [-0.2, -0.15) is 0 Å². The number of hydrogen-bond donors (Lipinski definition) is 0. The van der Waals surface area contributed by atoms with Crippen LogP contribution in [-0.4, -0.2) is 7.11 Å². The summed E-state index contributed by atoms with van der Waals surface area (Å²) in [5.41, 5.74) is 1.03. The van der Waals surface area contributed by atoms with Crippen LogP contribution in [0.3, 0.4) is 0 Å². The fraction of sp³-hybridized carbons (Fsp3) is 0.222. The molecular weight excluding hydrogens is 264 g/mol. The van der Waals surface area contributed by atoms with Gasteiger partial charge in [0.25, 0.3) is 0 Å². The van der Waals surface area contributed by atoms with Crippen LogP contribution in [0.4, 0.5) is 0 Å². The van der Waals surface area contributed by atoms with E-state index in [1.165, 1.54) is 0 Å². The summed E-state index contributed by atoms with van der Waals surface area (Å²) in [5, 5.41) is 0. The number of hydrogen-bond acceptors (Lipinski definition) is 3. The molecule has 0 fully saturated rings. The fourth-order valence-corrected chi connectivity index (χ4v) is 2.57. The molecule has 0 amide bonds. The van der Waals surface area contributed by atoms with Crippen LogP contribution < -0.4 is 4.74 Å². The number of rotatable bonds is 4. The molecule has 1 aromatic carbocycles. The molecule has 0 aliphatic heterocycles. The van der Waals surface area contributed by atoms with Gasteiger partial charge in [-0.1, -0.05) is 18.2 Å². The maximum absolute atomic E-state index is 5.85. The van der Waals surface area contributed by atoms with Gasteiger partial charge in [-0.3, -0.25) is 0 Å². The van der Waals surface area contributed by atoms with E-state index in [-0.39, 0.29) is 5.92 Å². The Labute approximate surface area is 124 Å². The number of benzene rings is 1. The standard InChI is InChI=1S/C18H18O3/c1-12-8-10-16(20-12)18(17-11-9-13(2)21-17)14-6-4-5-7-15(14)19-3/h4-11,18H,1-3H3. The molecule has 0 atom stereocenters. The van der Waals surface area contributed by atoms with Gasteiger partial charge in [0.05, 0.1) is 7.11 Å². The Hall–Kier alpha value is -2.42. The molecule has 0 radical (unpaired) electrons. The molecule has 0 saturated carbocycles. The molecule has 3 rings (SSSR count). The van der Waals surface area contributed by atoms with E-state index < -0.39 is 0 Å². The summed E-state index contributed by atoms with van der Waals surface area (Å²) in [6, 6.07) is 15.9. The number of ether oxygens (including phenoxy) is 1. The average Bonchev–Trinajstić information content (AvgIpc) is 3.09. The molecule has 0 spiro atoms. The number of furan rings is 2. The lowest BCUT2D eigenvalue weighted by Gasteiger charge is -2.16. The molecule has 0 aliphatic carbocycles. The summed E-state index contributed by atoms with van der Waals surface area (Å²) in [4.78, 5) is 0. The van der Waals surface area contributed by atoms with E-state index in [4.69, 9.17) is 13.6 Å². The molecule has 0 saturated heterocycles. The highest BCUT2D eigenvalue weighted by Gasteiger charge is 2.25. The third-order valence-electron chi connectivity index (χ3n) is 3.54. The van der Waals surface area contributed by atoms with E-state index in [2.05, 4.69) is 0 Å². The zero-order chi connectivity index (χ0) is 14.8. The van der Waals surface area contributed by atoms with E-state index >= 15 is 0 Å². The van der Waals surface area contributed by atoms with Crippen LogP contribution in [0.2, 0.25) is 0 Å². The summed E-state index contributed by atoms with van der Waals surface area (Å²) >= 11 is 0. The van der Waals surface area contributed by atoms with E-state index in [0.29, 0.717) is 0 Å². The SMILES string of the molecule is COc1ccccc1C(c1ccc(C)o1)c1ccc(C)o1. The average molecular weight is 282 g/mol. The minimum Gasteiger partial charge on any atom is -0.496 e.